The standard InChI is InChI=1S/C18H27N3O/c19-17(15-6-7-15)12-20-18(22)16-8-10-21(11-9-16)13-14-4-2-1-3-5-14/h1-5,15-17H,6-13,19H2,(H,20,22). The summed E-state index contributed by atoms with van der Waals surface area (Å²) in [5.74, 6) is 1.02. The summed E-state index contributed by atoms with van der Waals surface area (Å²) in [6.45, 7) is 3.64. The van der Waals surface area contributed by atoms with E-state index in [2.05, 4.69) is 34.5 Å². The Morgan fingerprint density at radius 1 is 1.18 bits per heavy atom. The number of nitrogens with zero attached hydrogens (tertiary/aromatic N) is 1. The molecule has 1 aromatic rings. The van der Waals surface area contributed by atoms with Gasteiger partial charge in [0.2, 0.25) is 5.91 Å². The predicted molar refractivity (Wildman–Crippen MR) is 88.2 cm³/mol. The quantitative estimate of drug-likeness (QED) is 0.841. The summed E-state index contributed by atoms with van der Waals surface area (Å²) in [5, 5.41) is 3.06. The zero-order valence-electron chi connectivity index (χ0n) is 13.2. The number of carbonyl (C=O) groups is 1. The lowest BCUT2D eigenvalue weighted by Gasteiger charge is -2.31. The molecule has 4 heteroatoms. The number of hydrogen-bond acceptors (Lipinski definition) is 3. The lowest BCUT2D eigenvalue weighted by molar-refractivity contribution is -0.126. The SMILES string of the molecule is NC(CNC(=O)C1CCN(Cc2ccccc2)CC1)C1CC1. The highest BCUT2D eigenvalue weighted by Crippen LogP contribution is 2.31. The minimum Gasteiger partial charge on any atom is -0.354 e. The Bertz CT molecular complexity index is 478. The zero-order valence-corrected chi connectivity index (χ0v) is 13.2. The van der Waals surface area contributed by atoms with Gasteiger partial charge in [-0.25, -0.2) is 0 Å². The molecular weight excluding hydrogens is 274 g/mol. The molecule has 3 N–H and O–H groups in total. The maximum atomic E-state index is 12.2. The number of nitrogens with two attached hydrogens (primary N) is 1. The fraction of sp³-hybridized carbons (Fsp3) is 0.611. The molecule has 1 unspecified atom stereocenters. The normalized spacial score (nSPS) is 21.5. The van der Waals surface area contributed by atoms with Crippen LogP contribution >= 0.6 is 0 Å². The van der Waals surface area contributed by atoms with Crippen molar-refractivity contribution in [3.63, 3.8) is 0 Å². The van der Waals surface area contributed by atoms with Crippen LogP contribution in [0.2, 0.25) is 0 Å². The largest absolute Gasteiger partial charge is 0.354 e. The van der Waals surface area contributed by atoms with Gasteiger partial charge in [0.15, 0.2) is 0 Å². The predicted octanol–water partition coefficient (Wildman–Crippen LogP) is 1.75. The average molecular weight is 301 g/mol. The number of benzene rings is 1. The molecule has 1 saturated heterocycles. The van der Waals surface area contributed by atoms with Crippen molar-refractivity contribution in [2.45, 2.75) is 38.3 Å². The third-order valence-corrected chi connectivity index (χ3v) is 4.95. The molecule has 3 rings (SSSR count). The van der Waals surface area contributed by atoms with Gasteiger partial charge >= 0.3 is 0 Å². The van der Waals surface area contributed by atoms with Crippen LogP contribution in [-0.2, 0) is 11.3 Å². The topological polar surface area (TPSA) is 58.4 Å². The molecule has 1 aliphatic carbocycles. The van der Waals surface area contributed by atoms with E-state index in [4.69, 9.17) is 5.73 Å². The second-order valence-corrected chi connectivity index (χ2v) is 6.78. The highest BCUT2D eigenvalue weighted by molar-refractivity contribution is 5.78. The van der Waals surface area contributed by atoms with Gasteiger partial charge in [-0.2, -0.15) is 0 Å². The summed E-state index contributed by atoms with van der Waals surface area (Å²) in [4.78, 5) is 14.7. The third-order valence-electron chi connectivity index (χ3n) is 4.95. The Kier molecular flexibility index (Phi) is 5.11. The van der Waals surface area contributed by atoms with Gasteiger partial charge in [0.1, 0.15) is 0 Å². The van der Waals surface area contributed by atoms with Crippen LogP contribution in [0.1, 0.15) is 31.2 Å². The Morgan fingerprint density at radius 2 is 1.86 bits per heavy atom. The van der Waals surface area contributed by atoms with E-state index in [1.165, 1.54) is 18.4 Å². The number of likely N-dealkylation sites (tertiary alicyclic amines) is 1. The van der Waals surface area contributed by atoms with Crippen molar-refractivity contribution in [1.29, 1.82) is 0 Å². The monoisotopic (exact) mass is 301 g/mol. The Morgan fingerprint density at radius 3 is 2.50 bits per heavy atom. The van der Waals surface area contributed by atoms with Crippen LogP contribution < -0.4 is 11.1 Å². The van der Waals surface area contributed by atoms with Crippen molar-refractivity contribution in [2.24, 2.45) is 17.6 Å². The van der Waals surface area contributed by atoms with E-state index in [0.29, 0.717) is 12.5 Å². The molecule has 1 saturated carbocycles. The molecule has 1 amide bonds. The molecule has 0 bridgehead atoms. The lowest BCUT2D eigenvalue weighted by Crippen LogP contribution is -2.44. The molecule has 120 valence electrons. The first-order chi connectivity index (χ1) is 10.7. The van der Waals surface area contributed by atoms with Gasteiger partial charge in [-0.1, -0.05) is 30.3 Å². The van der Waals surface area contributed by atoms with E-state index in [9.17, 15) is 4.79 Å². The number of piperidine rings is 1. The second-order valence-electron chi connectivity index (χ2n) is 6.78. The van der Waals surface area contributed by atoms with Crippen LogP contribution in [0.4, 0.5) is 0 Å². The summed E-state index contributed by atoms with van der Waals surface area (Å²) in [7, 11) is 0. The van der Waals surface area contributed by atoms with E-state index in [0.717, 1.165) is 32.5 Å². The highest BCUT2D eigenvalue weighted by Gasteiger charge is 2.30. The molecule has 4 nitrogen and oxygen atoms in total. The van der Waals surface area contributed by atoms with E-state index < -0.39 is 0 Å². The number of nitrogens with one attached hydrogen (secondary N) is 1. The minimum atomic E-state index is 0.155. The van der Waals surface area contributed by atoms with Crippen LogP contribution in [0.25, 0.3) is 0 Å². The maximum Gasteiger partial charge on any atom is 0.223 e. The van der Waals surface area contributed by atoms with Crippen LogP contribution in [0.5, 0.6) is 0 Å². The fourth-order valence-corrected chi connectivity index (χ4v) is 3.25. The van der Waals surface area contributed by atoms with E-state index in [-0.39, 0.29) is 17.9 Å². The first-order valence-electron chi connectivity index (χ1n) is 8.52. The van der Waals surface area contributed by atoms with Crippen LogP contribution in [0.15, 0.2) is 30.3 Å². The van der Waals surface area contributed by atoms with Crippen LogP contribution in [0.3, 0.4) is 0 Å². The summed E-state index contributed by atoms with van der Waals surface area (Å²) in [6, 6.07) is 10.7. The first-order valence-corrected chi connectivity index (χ1v) is 8.52. The molecule has 2 fully saturated rings. The Balaban J connectivity index is 1.38. The Hall–Kier alpha value is -1.39. The molecule has 0 aromatic heterocycles. The van der Waals surface area contributed by atoms with Gasteiger partial charge < -0.3 is 11.1 Å². The van der Waals surface area contributed by atoms with Crippen molar-refractivity contribution in [3.05, 3.63) is 35.9 Å². The van der Waals surface area contributed by atoms with E-state index in [1.54, 1.807) is 0 Å². The van der Waals surface area contributed by atoms with Crippen molar-refractivity contribution < 1.29 is 4.79 Å². The van der Waals surface area contributed by atoms with E-state index >= 15 is 0 Å². The smallest absolute Gasteiger partial charge is 0.223 e. The third kappa shape index (κ3) is 4.31. The summed E-state index contributed by atoms with van der Waals surface area (Å²) in [6.07, 6.45) is 4.37. The first kappa shape index (κ1) is 15.5. The van der Waals surface area contributed by atoms with Crippen molar-refractivity contribution >= 4 is 5.91 Å². The molecule has 1 aliphatic heterocycles. The number of hydrogen-bond donors (Lipinski definition) is 2. The van der Waals surface area contributed by atoms with Crippen molar-refractivity contribution in [3.8, 4) is 0 Å². The molecule has 2 aliphatic rings. The van der Waals surface area contributed by atoms with Crippen molar-refractivity contribution in [2.75, 3.05) is 19.6 Å². The molecule has 1 heterocycles. The summed E-state index contributed by atoms with van der Waals surface area (Å²) >= 11 is 0. The van der Waals surface area contributed by atoms with Crippen LogP contribution in [0, 0.1) is 11.8 Å². The molecule has 0 spiro atoms. The van der Waals surface area contributed by atoms with E-state index in [1.807, 2.05) is 6.07 Å². The Labute approximate surface area is 133 Å². The van der Waals surface area contributed by atoms with Gasteiger partial charge in [0.25, 0.3) is 0 Å². The maximum absolute atomic E-state index is 12.2. The van der Waals surface area contributed by atoms with Gasteiger partial charge in [-0.15, -0.1) is 0 Å². The number of carbonyl (C=O) groups excluding carboxylic acids is 1. The molecule has 1 aromatic carbocycles. The molecule has 22 heavy (non-hydrogen) atoms. The molecule has 1 atom stereocenters. The van der Waals surface area contributed by atoms with Gasteiger partial charge in [-0.3, -0.25) is 9.69 Å². The average Bonchev–Trinajstić information content (AvgIpc) is 3.39. The lowest BCUT2D eigenvalue weighted by atomic mass is 9.95. The number of amides is 1. The van der Waals surface area contributed by atoms with Gasteiger partial charge in [0.05, 0.1) is 0 Å². The second kappa shape index (κ2) is 7.25. The highest BCUT2D eigenvalue weighted by atomic mass is 16.1. The zero-order chi connectivity index (χ0) is 15.4. The summed E-state index contributed by atoms with van der Waals surface area (Å²) in [5.41, 5.74) is 7.39. The fourth-order valence-electron chi connectivity index (χ4n) is 3.25. The van der Waals surface area contributed by atoms with Crippen molar-refractivity contribution in [1.82, 2.24) is 10.2 Å². The van der Waals surface area contributed by atoms with Gasteiger partial charge in [0, 0.05) is 25.0 Å². The van der Waals surface area contributed by atoms with Crippen LogP contribution in [-0.4, -0.2) is 36.5 Å². The van der Waals surface area contributed by atoms with Gasteiger partial charge in [-0.05, 0) is 50.3 Å². The minimum absolute atomic E-state index is 0.155. The molecular formula is C18H27N3O. The summed E-state index contributed by atoms with van der Waals surface area (Å²) < 4.78 is 0. The number of rotatable bonds is 6. The molecule has 0 radical (unpaired) electrons.